The minimum Gasteiger partial charge on any atom is -0.352 e. The third-order valence-electron chi connectivity index (χ3n) is 3.13. The van der Waals surface area contributed by atoms with Crippen LogP contribution in [0.3, 0.4) is 0 Å². The summed E-state index contributed by atoms with van der Waals surface area (Å²) in [4.78, 5) is 24.3. The highest BCUT2D eigenvalue weighted by atomic mass is 35.5. The van der Waals surface area contributed by atoms with Crippen molar-refractivity contribution in [2.75, 3.05) is 31.1 Å². The molecule has 6 heteroatoms. The van der Waals surface area contributed by atoms with Crippen LogP contribution < -0.4 is 4.90 Å². The fourth-order valence-corrected chi connectivity index (χ4v) is 2.29. The molecule has 0 aromatic carbocycles. The lowest BCUT2D eigenvalue weighted by molar-refractivity contribution is -0.132. The molecular formula is C13H19ClN4O. The van der Waals surface area contributed by atoms with E-state index in [1.165, 1.54) is 6.20 Å². The van der Waals surface area contributed by atoms with Gasteiger partial charge in [-0.25, -0.2) is 4.98 Å². The Hall–Kier alpha value is -1.36. The molecule has 2 rings (SSSR count). The lowest BCUT2D eigenvalue weighted by Crippen LogP contribution is -2.49. The Balaban J connectivity index is 1.90. The van der Waals surface area contributed by atoms with Gasteiger partial charge in [-0.15, -0.1) is 0 Å². The van der Waals surface area contributed by atoms with E-state index in [4.69, 9.17) is 11.6 Å². The van der Waals surface area contributed by atoms with Crippen LogP contribution in [0.5, 0.6) is 0 Å². The molecule has 5 nitrogen and oxygen atoms in total. The van der Waals surface area contributed by atoms with Gasteiger partial charge in [-0.05, 0) is 5.92 Å². The van der Waals surface area contributed by atoms with Crippen LogP contribution in [0, 0.1) is 5.92 Å². The largest absolute Gasteiger partial charge is 0.352 e. The molecule has 1 aromatic rings. The maximum absolute atomic E-state index is 12.0. The minimum absolute atomic E-state index is 0.242. The zero-order chi connectivity index (χ0) is 13.8. The van der Waals surface area contributed by atoms with Gasteiger partial charge >= 0.3 is 0 Å². The van der Waals surface area contributed by atoms with Crippen LogP contribution in [0.2, 0.25) is 5.15 Å². The number of aromatic nitrogens is 2. The molecule has 1 saturated heterocycles. The van der Waals surface area contributed by atoms with Crippen LogP contribution in [-0.2, 0) is 4.79 Å². The van der Waals surface area contributed by atoms with E-state index in [9.17, 15) is 4.79 Å². The average Bonchev–Trinajstić information content (AvgIpc) is 2.38. The van der Waals surface area contributed by atoms with Gasteiger partial charge in [-0.3, -0.25) is 9.78 Å². The summed E-state index contributed by atoms with van der Waals surface area (Å²) in [7, 11) is 0. The summed E-state index contributed by atoms with van der Waals surface area (Å²) in [6.07, 6.45) is 3.85. The highest BCUT2D eigenvalue weighted by Gasteiger charge is 2.22. The van der Waals surface area contributed by atoms with Crippen molar-refractivity contribution >= 4 is 23.3 Å². The zero-order valence-electron chi connectivity index (χ0n) is 11.3. The molecule has 0 bridgehead atoms. The second kappa shape index (κ2) is 6.19. The summed E-state index contributed by atoms with van der Waals surface area (Å²) in [6.45, 7) is 7.16. The molecule has 0 radical (unpaired) electrons. The number of carbonyl (C=O) groups excluding carboxylic acids is 1. The van der Waals surface area contributed by atoms with Gasteiger partial charge in [0.25, 0.3) is 0 Å². The molecule has 1 fully saturated rings. The Kier molecular flexibility index (Phi) is 4.58. The molecule has 2 heterocycles. The van der Waals surface area contributed by atoms with Crippen LogP contribution in [-0.4, -0.2) is 47.0 Å². The second-order valence-corrected chi connectivity index (χ2v) is 5.55. The summed E-state index contributed by atoms with van der Waals surface area (Å²) in [5, 5.41) is 0.399. The average molecular weight is 283 g/mol. The van der Waals surface area contributed by atoms with E-state index in [0.29, 0.717) is 17.5 Å². The fourth-order valence-electron chi connectivity index (χ4n) is 2.15. The molecule has 0 saturated carbocycles. The Morgan fingerprint density at radius 2 is 2.00 bits per heavy atom. The standard InChI is InChI=1S/C13H19ClN4O/c1-10(2)7-13(19)18-5-3-17(4-6-18)12-9-15-8-11(14)16-12/h8-10H,3-7H2,1-2H3. The molecule has 0 N–H and O–H groups in total. The maximum Gasteiger partial charge on any atom is 0.222 e. The van der Waals surface area contributed by atoms with Crippen molar-refractivity contribution in [1.29, 1.82) is 0 Å². The van der Waals surface area contributed by atoms with Crippen LogP contribution >= 0.6 is 11.6 Å². The van der Waals surface area contributed by atoms with E-state index < -0.39 is 0 Å². The lowest BCUT2D eigenvalue weighted by atomic mass is 10.1. The first kappa shape index (κ1) is 14.1. The fraction of sp³-hybridized carbons (Fsp3) is 0.615. The number of nitrogens with zero attached hydrogens (tertiary/aromatic N) is 4. The topological polar surface area (TPSA) is 49.3 Å². The number of halogens is 1. The van der Waals surface area contributed by atoms with Gasteiger partial charge in [0.1, 0.15) is 11.0 Å². The summed E-state index contributed by atoms with van der Waals surface area (Å²) in [5.74, 6) is 1.43. The van der Waals surface area contributed by atoms with Crippen molar-refractivity contribution in [2.24, 2.45) is 5.92 Å². The lowest BCUT2D eigenvalue weighted by Gasteiger charge is -2.35. The third-order valence-corrected chi connectivity index (χ3v) is 3.31. The Morgan fingerprint density at radius 1 is 1.32 bits per heavy atom. The van der Waals surface area contributed by atoms with Gasteiger partial charge in [0.2, 0.25) is 5.91 Å². The number of anilines is 1. The molecule has 0 atom stereocenters. The highest BCUT2D eigenvalue weighted by molar-refractivity contribution is 6.29. The van der Waals surface area contributed by atoms with Crippen LogP contribution in [0.4, 0.5) is 5.82 Å². The molecule has 0 spiro atoms. The molecular weight excluding hydrogens is 264 g/mol. The Morgan fingerprint density at radius 3 is 2.58 bits per heavy atom. The van der Waals surface area contributed by atoms with Crippen molar-refractivity contribution in [3.05, 3.63) is 17.5 Å². The van der Waals surface area contributed by atoms with E-state index >= 15 is 0 Å². The number of hydrogen-bond acceptors (Lipinski definition) is 4. The molecule has 1 aliphatic rings. The number of amides is 1. The van der Waals surface area contributed by atoms with Crippen molar-refractivity contribution in [1.82, 2.24) is 14.9 Å². The third kappa shape index (κ3) is 3.80. The zero-order valence-corrected chi connectivity index (χ0v) is 12.1. The van der Waals surface area contributed by atoms with Crippen LogP contribution in [0.1, 0.15) is 20.3 Å². The normalized spacial score (nSPS) is 16.0. The Labute approximate surface area is 118 Å². The van der Waals surface area contributed by atoms with E-state index in [-0.39, 0.29) is 5.91 Å². The molecule has 104 valence electrons. The van der Waals surface area contributed by atoms with E-state index in [1.54, 1.807) is 6.20 Å². The number of hydrogen-bond donors (Lipinski definition) is 0. The van der Waals surface area contributed by atoms with Crippen LogP contribution in [0.15, 0.2) is 12.4 Å². The smallest absolute Gasteiger partial charge is 0.222 e. The predicted molar refractivity (Wildman–Crippen MR) is 75.3 cm³/mol. The second-order valence-electron chi connectivity index (χ2n) is 5.17. The summed E-state index contributed by atoms with van der Waals surface area (Å²) in [6, 6.07) is 0. The minimum atomic E-state index is 0.242. The molecule has 1 aromatic heterocycles. The van der Waals surface area contributed by atoms with Gasteiger partial charge in [0.15, 0.2) is 0 Å². The molecule has 0 aliphatic carbocycles. The monoisotopic (exact) mass is 282 g/mol. The SMILES string of the molecule is CC(C)CC(=O)N1CCN(c2cncc(Cl)n2)CC1. The van der Waals surface area contributed by atoms with E-state index in [2.05, 4.69) is 28.7 Å². The van der Waals surface area contributed by atoms with Gasteiger partial charge < -0.3 is 9.80 Å². The predicted octanol–water partition coefficient (Wildman–Crippen LogP) is 1.82. The van der Waals surface area contributed by atoms with Crippen molar-refractivity contribution in [3.63, 3.8) is 0 Å². The van der Waals surface area contributed by atoms with Gasteiger partial charge in [0.05, 0.1) is 12.4 Å². The summed E-state index contributed by atoms with van der Waals surface area (Å²) in [5.41, 5.74) is 0. The van der Waals surface area contributed by atoms with E-state index in [0.717, 1.165) is 32.0 Å². The highest BCUT2D eigenvalue weighted by Crippen LogP contribution is 2.15. The number of rotatable bonds is 3. The van der Waals surface area contributed by atoms with Crippen molar-refractivity contribution in [3.8, 4) is 0 Å². The molecule has 1 aliphatic heterocycles. The molecule has 0 unspecified atom stereocenters. The number of carbonyl (C=O) groups is 1. The quantitative estimate of drug-likeness (QED) is 0.849. The number of piperazine rings is 1. The molecule has 19 heavy (non-hydrogen) atoms. The maximum atomic E-state index is 12.0. The molecule has 1 amide bonds. The Bertz CT molecular complexity index is 444. The van der Waals surface area contributed by atoms with E-state index in [1.807, 2.05) is 4.90 Å². The first-order valence-corrected chi connectivity index (χ1v) is 6.94. The van der Waals surface area contributed by atoms with Crippen molar-refractivity contribution in [2.45, 2.75) is 20.3 Å². The van der Waals surface area contributed by atoms with Crippen molar-refractivity contribution < 1.29 is 4.79 Å². The van der Waals surface area contributed by atoms with Gasteiger partial charge in [-0.1, -0.05) is 25.4 Å². The first-order chi connectivity index (χ1) is 9.06. The summed E-state index contributed by atoms with van der Waals surface area (Å²) >= 11 is 5.84. The van der Waals surface area contributed by atoms with Crippen LogP contribution in [0.25, 0.3) is 0 Å². The first-order valence-electron chi connectivity index (χ1n) is 6.56. The van der Waals surface area contributed by atoms with Gasteiger partial charge in [-0.2, -0.15) is 0 Å². The van der Waals surface area contributed by atoms with Gasteiger partial charge in [0, 0.05) is 32.6 Å². The summed E-state index contributed by atoms with van der Waals surface area (Å²) < 4.78 is 0.